The van der Waals surface area contributed by atoms with E-state index in [1.54, 1.807) is 0 Å². The molecule has 1 saturated carbocycles. The molecular formula is C15H19NO2. The SMILES string of the molecule is C[C@@H]1CN(C(=O)c2ccccc2)C2(CCCC2)O1. The molecule has 1 aromatic carbocycles. The Kier molecular flexibility index (Phi) is 2.86. The monoisotopic (exact) mass is 245 g/mol. The van der Waals surface area contributed by atoms with E-state index in [0.29, 0.717) is 6.54 Å². The Morgan fingerprint density at radius 2 is 1.94 bits per heavy atom. The fourth-order valence-electron chi connectivity index (χ4n) is 3.22. The number of amides is 1. The van der Waals surface area contributed by atoms with Crippen LogP contribution in [0.3, 0.4) is 0 Å². The van der Waals surface area contributed by atoms with E-state index in [2.05, 4.69) is 6.92 Å². The lowest BCUT2D eigenvalue weighted by atomic mass is 10.1. The van der Waals surface area contributed by atoms with Gasteiger partial charge in [0.25, 0.3) is 5.91 Å². The molecule has 1 atom stereocenters. The predicted molar refractivity (Wildman–Crippen MR) is 69.2 cm³/mol. The predicted octanol–water partition coefficient (Wildman–Crippen LogP) is 2.82. The molecule has 18 heavy (non-hydrogen) atoms. The molecule has 96 valence electrons. The number of rotatable bonds is 1. The topological polar surface area (TPSA) is 29.5 Å². The standard InChI is InChI=1S/C15H19NO2/c1-12-11-16(15(18-12)9-5-6-10-15)14(17)13-7-3-2-4-8-13/h2-4,7-8,12H,5-6,9-11H2,1H3/t12-/m1/s1. The minimum Gasteiger partial charge on any atom is -0.351 e. The van der Waals surface area contributed by atoms with Gasteiger partial charge in [-0.2, -0.15) is 0 Å². The molecule has 0 bridgehead atoms. The van der Waals surface area contributed by atoms with Crippen LogP contribution in [0, 0.1) is 0 Å². The highest BCUT2D eigenvalue weighted by Gasteiger charge is 2.49. The van der Waals surface area contributed by atoms with Gasteiger partial charge < -0.3 is 9.64 Å². The van der Waals surface area contributed by atoms with Crippen molar-refractivity contribution in [3.63, 3.8) is 0 Å². The van der Waals surface area contributed by atoms with Crippen molar-refractivity contribution in [2.24, 2.45) is 0 Å². The lowest BCUT2D eigenvalue weighted by molar-refractivity contribution is -0.0824. The molecule has 1 aromatic rings. The van der Waals surface area contributed by atoms with Crippen molar-refractivity contribution in [1.29, 1.82) is 0 Å². The summed E-state index contributed by atoms with van der Waals surface area (Å²) in [5.74, 6) is 0.113. The highest BCUT2D eigenvalue weighted by atomic mass is 16.5. The van der Waals surface area contributed by atoms with Gasteiger partial charge in [0.15, 0.2) is 0 Å². The summed E-state index contributed by atoms with van der Waals surface area (Å²) in [7, 11) is 0. The summed E-state index contributed by atoms with van der Waals surface area (Å²) in [5.41, 5.74) is 0.452. The first-order chi connectivity index (χ1) is 8.71. The summed E-state index contributed by atoms with van der Waals surface area (Å²) in [6.45, 7) is 2.77. The molecule has 2 fully saturated rings. The van der Waals surface area contributed by atoms with E-state index in [9.17, 15) is 4.79 Å². The molecule has 2 aliphatic rings. The van der Waals surface area contributed by atoms with Crippen molar-refractivity contribution in [2.45, 2.75) is 44.4 Å². The molecule has 0 aromatic heterocycles. The van der Waals surface area contributed by atoms with Crippen molar-refractivity contribution in [3.05, 3.63) is 35.9 Å². The molecule has 3 nitrogen and oxygen atoms in total. The van der Waals surface area contributed by atoms with Gasteiger partial charge in [-0.1, -0.05) is 18.2 Å². The number of benzene rings is 1. The smallest absolute Gasteiger partial charge is 0.256 e. The van der Waals surface area contributed by atoms with Crippen LogP contribution < -0.4 is 0 Å². The average molecular weight is 245 g/mol. The summed E-state index contributed by atoms with van der Waals surface area (Å²) in [4.78, 5) is 14.6. The van der Waals surface area contributed by atoms with Gasteiger partial charge in [-0.3, -0.25) is 4.79 Å². The third-order valence-electron chi connectivity index (χ3n) is 4.00. The largest absolute Gasteiger partial charge is 0.351 e. The van der Waals surface area contributed by atoms with Crippen LogP contribution >= 0.6 is 0 Å². The Morgan fingerprint density at radius 1 is 1.28 bits per heavy atom. The summed E-state index contributed by atoms with van der Waals surface area (Å²) in [6, 6.07) is 9.52. The quantitative estimate of drug-likeness (QED) is 0.761. The molecule has 0 radical (unpaired) electrons. The number of nitrogens with zero attached hydrogens (tertiary/aromatic N) is 1. The van der Waals surface area contributed by atoms with Crippen molar-refractivity contribution in [2.75, 3.05) is 6.54 Å². The molecule has 1 amide bonds. The maximum absolute atomic E-state index is 12.6. The van der Waals surface area contributed by atoms with E-state index in [0.717, 1.165) is 31.2 Å². The van der Waals surface area contributed by atoms with Gasteiger partial charge in [-0.25, -0.2) is 0 Å². The second-order valence-corrected chi connectivity index (χ2v) is 5.36. The first kappa shape index (κ1) is 11.7. The normalized spacial score (nSPS) is 25.8. The van der Waals surface area contributed by atoms with Gasteiger partial charge in [0.1, 0.15) is 5.72 Å². The van der Waals surface area contributed by atoms with Crippen molar-refractivity contribution < 1.29 is 9.53 Å². The first-order valence-electron chi connectivity index (χ1n) is 6.76. The molecule has 1 aliphatic heterocycles. The van der Waals surface area contributed by atoms with Gasteiger partial charge in [0, 0.05) is 12.1 Å². The molecule has 3 heteroatoms. The fourth-order valence-corrected chi connectivity index (χ4v) is 3.22. The molecule has 3 rings (SSSR count). The number of carbonyl (C=O) groups is 1. The van der Waals surface area contributed by atoms with Crippen molar-refractivity contribution in [1.82, 2.24) is 4.90 Å². The summed E-state index contributed by atoms with van der Waals surface area (Å²) in [5, 5.41) is 0. The van der Waals surface area contributed by atoms with Crippen LogP contribution in [0.25, 0.3) is 0 Å². The Bertz CT molecular complexity index is 437. The van der Waals surface area contributed by atoms with Crippen LogP contribution in [0.5, 0.6) is 0 Å². The lowest BCUT2D eigenvalue weighted by Gasteiger charge is -2.33. The van der Waals surface area contributed by atoms with Crippen LogP contribution in [-0.4, -0.2) is 29.2 Å². The van der Waals surface area contributed by atoms with Crippen molar-refractivity contribution in [3.8, 4) is 0 Å². The Hall–Kier alpha value is -1.35. The maximum atomic E-state index is 12.6. The third kappa shape index (κ3) is 1.83. The van der Waals surface area contributed by atoms with Gasteiger partial charge in [-0.05, 0) is 44.7 Å². The van der Waals surface area contributed by atoms with Gasteiger partial charge >= 0.3 is 0 Å². The lowest BCUT2D eigenvalue weighted by Crippen LogP contribution is -2.46. The van der Waals surface area contributed by atoms with Gasteiger partial charge in [0.2, 0.25) is 0 Å². The second-order valence-electron chi connectivity index (χ2n) is 5.36. The van der Waals surface area contributed by atoms with E-state index in [-0.39, 0.29) is 17.7 Å². The van der Waals surface area contributed by atoms with Crippen LogP contribution in [0.1, 0.15) is 43.0 Å². The van der Waals surface area contributed by atoms with Gasteiger partial charge in [0.05, 0.1) is 6.10 Å². The molecule has 1 heterocycles. The van der Waals surface area contributed by atoms with E-state index in [4.69, 9.17) is 4.74 Å². The zero-order valence-electron chi connectivity index (χ0n) is 10.8. The van der Waals surface area contributed by atoms with Crippen LogP contribution in [-0.2, 0) is 4.74 Å². The van der Waals surface area contributed by atoms with E-state index >= 15 is 0 Å². The zero-order chi connectivity index (χ0) is 12.6. The second kappa shape index (κ2) is 4.39. The summed E-state index contributed by atoms with van der Waals surface area (Å²) < 4.78 is 6.07. The van der Waals surface area contributed by atoms with E-state index in [1.165, 1.54) is 0 Å². The zero-order valence-corrected chi connectivity index (χ0v) is 10.8. The maximum Gasteiger partial charge on any atom is 0.256 e. The Morgan fingerprint density at radius 3 is 2.61 bits per heavy atom. The molecule has 1 aliphatic carbocycles. The van der Waals surface area contributed by atoms with Crippen LogP contribution in [0.15, 0.2) is 30.3 Å². The highest BCUT2D eigenvalue weighted by molar-refractivity contribution is 5.94. The third-order valence-corrected chi connectivity index (χ3v) is 4.00. The fraction of sp³-hybridized carbons (Fsp3) is 0.533. The first-order valence-corrected chi connectivity index (χ1v) is 6.76. The molecule has 0 unspecified atom stereocenters. The number of hydrogen-bond acceptors (Lipinski definition) is 2. The Labute approximate surface area is 108 Å². The number of hydrogen-bond donors (Lipinski definition) is 0. The minimum absolute atomic E-state index is 0.113. The molecule has 1 saturated heterocycles. The van der Waals surface area contributed by atoms with Gasteiger partial charge in [-0.15, -0.1) is 0 Å². The highest BCUT2D eigenvalue weighted by Crippen LogP contribution is 2.42. The van der Waals surface area contributed by atoms with Crippen LogP contribution in [0.2, 0.25) is 0 Å². The minimum atomic E-state index is -0.313. The van der Waals surface area contributed by atoms with E-state index < -0.39 is 0 Å². The summed E-state index contributed by atoms with van der Waals surface area (Å²) in [6.07, 6.45) is 4.43. The Balaban J connectivity index is 1.89. The van der Waals surface area contributed by atoms with E-state index in [1.807, 2.05) is 35.2 Å². The summed E-state index contributed by atoms with van der Waals surface area (Å²) >= 11 is 0. The molecular weight excluding hydrogens is 226 g/mol. The molecule has 0 N–H and O–H groups in total. The number of ether oxygens (including phenoxy) is 1. The number of carbonyl (C=O) groups excluding carboxylic acids is 1. The molecule has 1 spiro atoms. The average Bonchev–Trinajstić information content (AvgIpc) is 2.98. The van der Waals surface area contributed by atoms with Crippen molar-refractivity contribution >= 4 is 5.91 Å². The van der Waals surface area contributed by atoms with Crippen LogP contribution in [0.4, 0.5) is 0 Å².